The molecule has 2 atom stereocenters. The highest BCUT2D eigenvalue weighted by Crippen LogP contribution is 2.51. The van der Waals surface area contributed by atoms with Gasteiger partial charge < -0.3 is 33.2 Å². The van der Waals surface area contributed by atoms with Gasteiger partial charge in [0, 0.05) is 30.9 Å². The summed E-state index contributed by atoms with van der Waals surface area (Å²) in [4.78, 5) is 0. The monoisotopic (exact) mass is 416 g/mol. The molecule has 0 aromatic heterocycles. The number of hydrogen-bond donors (Lipinski definition) is 0. The van der Waals surface area contributed by atoms with Crippen LogP contribution in [0, 0.1) is 0 Å². The van der Waals surface area contributed by atoms with Crippen LogP contribution < -0.4 is 28.4 Å². The minimum absolute atomic E-state index is 0.0289. The SMILES string of the molecule is CCCO[C@@]1(C)C[C@@H](c2cc(OC)c(OC)c(OC)c2)c2cc3c(cc2O1)OCO3. The smallest absolute Gasteiger partial charge is 0.231 e. The fourth-order valence-corrected chi connectivity index (χ4v) is 4.06. The zero-order valence-electron chi connectivity index (χ0n) is 18.1. The maximum Gasteiger partial charge on any atom is 0.231 e. The molecule has 2 aliphatic rings. The van der Waals surface area contributed by atoms with Crippen molar-refractivity contribution in [3.05, 3.63) is 35.4 Å². The minimum Gasteiger partial charge on any atom is -0.493 e. The standard InChI is InChI=1S/C23H28O7/c1-6-7-29-23(2)12-16(14-8-20(24-3)22(26-5)21(9-14)25-4)15-10-18-19(28-13-27-18)11-17(15)30-23/h8-11,16H,6-7,12-13H2,1-5H3/t16-,23+/m0/s1. The van der Waals surface area contributed by atoms with Crippen LogP contribution in [0.1, 0.15) is 43.7 Å². The number of hydrogen-bond acceptors (Lipinski definition) is 7. The Balaban J connectivity index is 1.84. The summed E-state index contributed by atoms with van der Waals surface area (Å²) < 4.78 is 40.3. The molecule has 2 heterocycles. The van der Waals surface area contributed by atoms with Crippen LogP contribution in [0.15, 0.2) is 24.3 Å². The third-order valence-corrected chi connectivity index (χ3v) is 5.48. The van der Waals surface area contributed by atoms with Crippen molar-refractivity contribution in [2.24, 2.45) is 0 Å². The molecule has 7 nitrogen and oxygen atoms in total. The van der Waals surface area contributed by atoms with E-state index in [0.717, 1.165) is 23.3 Å². The van der Waals surface area contributed by atoms with Crippen LogP contribution in [0.4, 0.5) is 0 Å². The molecule has 30 heavy (non-hydrogen) atoms. The van der Waals surface area contributed by atoms with Gasteiger partial charge in [0.25, 0.3) is 0 Å². The van der Waals surface area contributed by atoms with Gasteiger partial charge in [0.2, 0.25) is 18.3 Å². The topological polar surface area (TPSA) is 64.6 Å². The summed E-state index contributed by atoms with van der Waals surface area (Å²) in [7, 11) is 4.83. The molecule has 0 N–H and O–H groups in total. The maximum atomic E-state index is 6.31. The van der Waals surface area contributed by atoms with Gasteiger partial charge >= 0.3 is 0 Å². The van der Waals surface area contributed by atoms with E-state index >= 15 is 0 Å². The van der Waals surface area contributed by atoms with Gasteiger partial charge in [0.1, 0.15) is 5.75 Å². The Morgan fingerprint density at radius 1 is 0.933 bits per heavy atom. The second kappa shape index (κ2) is 8.14. The van der Waals surface area contributed by atoms with E-state index < -0.39 is 5.79 Å². The lowest BCUT2D eigenvalue weighted by Gasteiger charge is -2.40. The van der Waals surface area contributed by atoms with Crippen LogP contribution >= 0.6 is 0 Å². The van der Waals surface area contributed by atoms with Gasteiger partial charge in [0.05, 0.1) is 27.9 Å². The summed E-state index contributed by atoms with van der Waals surface area (Å²) in [6.07, 6.45) is 1.53. The Hall–Kier alpha value is -2.80. The van der Waals surface area contributed by atoms with Gasteiger partial charge in [0.15, 0.2) is 23.0 Å². The molecule has 7 heteroatoms. The van der Waals surface area contributed by atoms with E-state index in [1.54, 1.807) is 21.3 Å². The summed E-state index contributed by atoms with van der Waals surface area (Å²) in [5.74, 6) is 3.09. The first-order valence-electron chi connectivity index (χ1n) is 10.1. The highest BCUT2D eigenvalue weighted by Gasteiger charge is 2.41. The van der Waals surface area contributed by atoms with Crippen LogP contribution in [0.2, 0.25) is 0 Å². The molecule has 0 spiro atoms. The van der Waals surface area contributed by atoms with Crippen molar-refractivity contribution >= 4 is 0 Å². The van der Waals surface area contributed by atoms with Crippen molar-refractivity contribution in [2.45, 2.75) is 38.4 Å². The molecule has 2 aromatic carbocycles. The van der Waals surface area contributed by atoms with Crippen LogP contribution in [0.25, 0.3) is 0 Å². The van der Waals surface area contributed by atoms with E-state index in [1.165, 1.54) is 0 Å². The van der Waals surface area contributed by atoms with E-state index in [0.29, 0.717) is 41.8 Å². The lowest BCUT2D eigenvalue weighted by atomic mass is 9.82. The summed E-state index contributed by atoms with van der Waals surface area (Å²) in [6, 6.07) is 7.83. The average Bonchev–Trinajstić information content (AvgIpc) is 3.22. The maximum absolute atomic E-state index is 6.31. The second-order valence-corrected chi connectivity index (χ2v) is 7.54. The van der Waals surface area contributed by atoms with Crippen LogP contribution in [-0.4, -0.2) is 40.5 Å². The molecule has 0 unspecified atom stereocenters. The third kappa shape index (κ3) is 3.58. The predicted octanol–water partition coefficient (Wildman–Crippen LogP) is 4.50. The molecule has 0 bridgehead atoms. The van der Waals surface area contributed by atoms with Crippen molar-refractivity contribution in [3.63, 3.8) is 0 Å². The van der Waals surface area contributed by atoms with E-state index in [1.807, 2.05) is 31.2 Å². The highest BCUT2D eigenvalue weighted by atomic mass is 16.7. The van der Waals surface area contributed by atoms with Gasteiger partial charge in [-0.15, -0.1) is 0 Å². The average molecular weight is 416 g/mol. The van der Waals surface area contributed by atoms with Crippen LogP contribution in [0.3, 0.4) is 0 Å². The molecule has 162 valence electrons. The highest BCUT2D eigenvalue weighted by molar-refractivity contribution is 5.59. The summed E-state index contributed by atoms with van der Waals surface area (Å²) >= 11 is 0. The second-order valence-electron chi connectivity index (χ2n) is 7.54. The van der Waals surface area contributed by atoms with Crippen molar-refractivity contribution < 1.29 is 33.2 Å². The quantitative estimate of drug-likeness (QED) is 0.658. The van der Waals surface area contributed by atoms with E-state index in [4.69, 9.17) is 33.2 Å². The van der Waals surface area contributed by atoms with E-state index in [9.17, 15) is 0 Å². The van der Waals surface area contributed by atoms with E-state index in [-0.39, 0.29) is 12.7 Å². The van der Waals surface area contributed by atoms with Crippen LogP contribution in [-0.2, 0) is 4.74 Å². The lowest BCUT2D eigenvalue weighted by molar-refractivity contribution is -0.182. The van der Waals surface area contributed by atoms with Gasteiger partial charge in [-0.1, -0.05) is 6.92 Å². The summed E-state index contributed by atoms with van der Waals surface area (Å²) in [5.41, 5.74) is 2.02. The lowest BCUT2D eigenvalue weighted by Crippen LogP contribution is -2.41. The Morgan fingerprint density at radius 2 is 1.60 bits per heavy atom. The molecule has 0 saturated carbocycles. The molecule has 0 amide bonds. The predicted molar refractivity (Wildman–Crippen MR) is 110 cm³/mol. The molecule has 2 aliphatic heterocycles. The largest absolute Gasteiger partial charge is 0.493 e. The molecule has 0 fully saturated rings. The van der Waals surface area contributed by atoms with Crippen molar-refractivity contribution in [2.75, 3.05) is 34.7 Å². The molecular weight excluding hydrogens is 388 g/mol. The molecule has 4 rings (SSSR count). The van der Waals surface area contributed by atoms with Gasteiger partial charge in [-0.25, -0.2) is 0 Å². The molecule has 2 aromatic rings. The normalized spacial score (nSPS) is 21.6. The number of ether oxygens (including phenoxy) is 7. The number of fused-ring (bicyclic) bond motifs is 2. The number of methoxy groups -OCH3 is 3. The minimum atomic E-state index is -0.776. The molecule has 0 radical (unpaired) electrons. The molecular formula is C23H28O7. The summed E-state index contributed by atoms with van der Waals surface area (Å²) in [6.45, 7) is 4.87. The fraction of sp³-hybridized carbons (Fsp3) is 0.478. The zero-order chi connectivity index (χ0) is 21.3. The Morgan fingerprint density at radius 3 is 2.20 bits per heavy atom. The zero-order valence-corrected chi connectivity index (χ0v) is 18.1. The van der Waals surface area contributed by atoms with Gasteiger partial charge in [-0.3, -0.25) is 0 Å². The Bertz CT molecular complexity index is 901. The van der Waals surface area contributed by atoms with Gasteiger partial charge in [-0.2, -0.15) is 0 Å². The Kier molecular flexibility index (Phi) is 5.56. The third-order valence-electron chi connectivity index (χ3n) is 5.48. The van der Waals surface area contributed by atoms with Crippen molar-refractivity contribution in [1.29, 1.82) is 0 Å². The number of rotatable bonds is 7. The van der Waals surface area contributed by atoms with Gasteiger partial charge in [-0.05, 0) is 30.2 Å². The first-order valence-corrected chi connectivity index (χ1v) is 10.1. The fourth-order valence-electron chi connectivity index (χ4n) is 4.06. The number of benzene rings is 2. The summed E-state index contributed by atoms with van der Waals surface area (Å²) in [5, 5.41) is 0. The van der Waals surface area contributed by atoms with E-state index in [2.05, 4.69) is 6.92 Å². The molecule has 0 aliphatic carbocycles. The van der Waals surface area contributed by atoms with Crippen molar-refractivity contribution in [1.82, 2.24) is 0 Å². The van der Waals surface area contributed by atoms with Crippen molar-refractivity contribution in [3.8, 4) is 34.5 Å². The Labute approximate surface area is 176 Å². The molecule has 0 saturated heterocycles. The van der Waals surface area contributed by atoms with Crippen LogP contribution in [0.5, 0.6) is 34.5 Å². The first-order chi connectivity index (χ1) is 14.5. The first kappa shape index (κ1) is 20.5.